The van der Waals surface area contributed by atoms with Gasteiger partial charge in [0.15, 0.2) is 0 Å². The number of hydrogen-bond donors (Lipinski definition) is 3. The number of carbonyl (C=O) groups excluding carboxylic acids is 2. The van der Waals surface area contributed by atoms with Crippen molar-refractivity contribution in [3.8, 4) is 5.75 Å². The lowest BCUT2D eigenvalue weighted by Crippen LogP contribution is -2.45. The summed E-state index contributed by atoms with van der Waals surface area (Å²) < 4.78 is 5.17. The Morgan fingerprint density at radius 1 is 1.08 bits per heavy atom. The SMILES string of the molecule is O=C(O)C(=O)NC(Cc1ccc(OC(=O)c2cccs2)cc1)C(=O)O. The first kappa shape index (κ1) is 18.1. The normalized spacial score (nSPS) is 11.4. The van der Waals surface area contributed by atoms with Gasteiger partial charge < -0.3 is 20.3 Å². The number of carbonyl (C=O) groups is 4. The van der Waals surface area contributed by atoms with Crippen molar-refractivity contribution in [3.63, 3.8) is 0 Å². The highest BCUT2D eigenvalue weighted by atomic mass is 32.1. The Kier molecular flexibility index (Phi) is 5.85. The smallest absolute Gasteiger partial charge is 0.394 e. The molecular formula is C16H13NO7S. The molecule has 0 aliphatic carbocycles. The van der Waals surface area contributed by atoms with E-state index in [1.54, 1.807) is 17.5 Å². The van der Waals surface area contributed by atoms with Crippen LogP contribution in [0.4, 0.5) is 0 Å². The molecule has 0 radical (unpaired) electrons. The zero-order valence-corrected chi connectivity index (χ0v) is 13.5. The summed E-state index contributed by atoms with van der Waals surface area (Å²) in [6, 6.07) is 7.99. The summed E-state index contributed by atoms with van der Waals surface area (Å²) in [6.45, 7) is 0. The highest BCUT2D eigenvalue weighted by molar-refractivity contribution is 7.12. The molecule has 1 aromatic heterocycles. The summed E-state index contributed by atoms with van der Waals surface area (Å²) in [5.74, 6) is -4.73. The number of amides is 1. The molecule has 130 valence electrons. The largest absolute Gasteiger partial charge is 0.480 e. The predicted molar refractivity (Wildman–Crippen MR) is 86.6 cm³/mol. The first-order valence-corrected chi connectivity index (χ1v) is 7.86. The molecule has 0 aliphatic rings. The van der Waals surface area contributed by atoms with E-state index in [4.69, 9.17) is 14.9 Å². The summed E-state index contributed by atoms with van der Waals surface area (Å²) in [5.41, 5.74) is 0.522. The molecule has 1 amide bonds. The van der Waals surface area contributed by atoms with Gasteiger partial charge in [0.25, 0.3) is 0 Å². The quantitative estimate of drug-likeness (QED) is 0.399. The maximum atomic E-state index is 11.8. The minimum absolute atomic E-state index is 0.118. The van der Waals surface area contributed by atoms with Gasteiger partial charge in [-0.3, -0.25) is 4.79 Å². The van der Waals surface area contributed by atoms with E-state index in [0.29, 0.717) is 10.4 Å². The van der Waals surface area contributed by atoms with E-state index in [0.717, 1.165) is 0 Å². The standard InChI is InChI=1S/C16H13NO7S/c18-13(15(21)22)17-11(14(19)20)8-9-3-5-10(6-4-9)24-16(23)12-2-1-7-25-12/h1-7,11H,8H2,(H,17,18)(H,19,20)(H,21,22). The van der Waals surface area contributed by atoms with Crippen LogP contribution in [0.25, 0.3) is 0 Å². The minimum atomic E-state index is -1.76. The van der Waals surface area contributed by atoms with Crippen molar-refractivity contribution in [2.24, 2.45) is 0 Å². The molecule has 0 spiro atoms. The zero-order chi connectivity index (χ0) is 18.4. The van der Waals surface area contributed by atoms with Gasteiger partial charge in [-0.1, -0.05) is 18.2 Å². The van der Waals surface area contributed by atoms with Crippen molar-refractivity contribution in [2.75, 3.05) is 0 Å². The minimum Gasteiger partial charge on any atom is -0.480 e. The molecule has 25 heavy (non-hydrogen) atoms. The van der Waals surface area contributed by atoms with Gasteiger partial charge in [0.2, 0.25) is 0 Å². The fraction of sp³-hybridized carbons (Fsp3) is 0.125. The number of nitrogens with one attached hydrogen (secondary N) is 1. The van der Waals surface area contributed by atoms with Crippen LogP contribution in [-0.2, 0) is 20.8 Å². The number of thiophene rings is 1. The first-order valence-electron chi connectivity index (χ1n) is 6.98. The van der Waals surface area contributed by atoms with Crippen molar-refractivity contribution in [3.05, 3.63) is 52.2 Å². The molecule has 8 nitrogen and oxygen atoms in total. The van der Waals surface area contributed by atoms with Crippen molar-refractivity contribution in [1.82, 2.24) is 5.32 Å². The summed E-state index contributed by atoms with van der Waals surface area (Å²) in [6.07, 6.45) is -0.118. The van der Waals surface area contributed by atoms with Gasteiger partial charge in [0.1, 0.15) is 16.7 Å². The molecule has 3 N–H and O–H groups in total. The fourth-order valence-electron chi connectivity index (χ4n) is 1.90. The van der Waals surface area contributed by atoms with Gasteiger partial charge in [-0.2, -0.15) is 0 Å². The van der Waals surface area contributed by atoms with Crippen LogP contribution in [0, 0.1) is 0 Å². The number of benzene rings is 1. The van der Waals surface area contributed by atoms with Gasteiger partial charge in [0.05, 0.1) is 0 Å². The van der Waals surface area contributed by atoms with Gasteiger partial charge >= 0.3 is 23.8 Å². The van der Waals surface area contributed by atoms with Gasteiger partial charge in [-0.25, -0.2) is 14.4 Å². The van der Waals surface area contributed by atoms with E-state index in [1.165, 1.54) is 35.6 Å². The number of carboxylic acids is 2. The Balaban J connectivity index is 2.00. The van der Waals surface area contributed by atoms with E-state index in [9.17, 15) is 19.2 Å². The van der Waals surface area contributed by atoms with Crippen molar-refractivity contribution in [2.45, 2.75) is 12.5 Å². The summed E-state index contributed by atoms with van der Waals surface area (Å²) >= 11 is 1.25. The molecular weight excluding hydrogens is 350 g/mol. The maximum absolute atomic E-state index is 11.8. The Morgan fingerprint density at radius 3 is 2.28 bits per heavy atom. The maximum Gasteiger partial charge on any atom is 0.394 e. The predicted octanol–water partition coefficient (Wildman–Crippen LogP) is 1.16. The Morgan fingerprint density at radius 2 is 1.76 bits per heavy atom. The topological polar surface area (TPSA) is 130 Å². The van der Waals surface area contributed by atoms with E-state index in [2.05, 4.69) is 0 Å². The van der Waals surface area contributed by atoms with Crippen LogP contribution >= 0.6 is 11.3 Å². The molecule has 1 atom stereocenters. The van der Waals surface area contributed by atoms with E-state index in [1.807, 2.05) is 5.32 Å². The highest BCUT2D eigenvalue weighted by Crippen LogP contribution is 2.17. The van der Waals surface area contributed by atoms with Gasteiger partial charge in [-0.15, -0.1) is 11.3 Å². The number of carboxylic acid groups (broad SMARTS) is 2. The molecule has 1 heterocycles. The number of aliphatic carboxylic acids is 2. The molecule has 0 saturated heterocycles. The molecule has 1 unspecified atom stereocenters. The average Bonchev–Trinajstić information content (AvgIpc) is 3.10. The molecule has 0 aliphatic heterocycles. The van der Waals surface area contributed by atoms with Crippen LogP contribution in [0.3, 0.4) is 0 Å². The van der Waals surface area contributed by atoms with Crippen molar-refractivity contribution >= 4 is 35.2 Å². The second-order valence-electron chi connectivity index (χ2n) is 4.88. The van der Waals surface area contributed by atoms with Gasteiger partial charge in [-0.05, 0) is 29.1 Å². The fourth-order valence-corrected chi connectivity index (χ4v) is 2.50. The number of ether oxygens (including phenoxy) is 1. The molecule has 2 rings (SSSR count). The third kappa shape index (κ3) is 5.15. The number of esters is 1. The van der Waals surface area contributed by atoms with Crippen LogP contribution in [0.5, 0.6) is 5.75 Å². The van der Waals surface area contributed by atoms with Crippen LogP contribution in [0.15, 0.2) is 41.8 Å². The summed E-state index contributed by atoms with van der Waals surface area (Å²) in [4.78, 5) is 45.0. The second-order valence-corrected chi connectivity index (χ2v) is 5.83. The second kappa shape index (κ2) is 8.06. The van der Waals surface area contributed by atoms with E-state index < -0.39 is 29.9 Å². The Bertz CT molecular complexity index is 783. The third-order valence-electron chi connectivity index (χ3n) is 3.09. The molecule has 9 heteroatoms. The monoisotopic (exact) mass is 363 g/mol. The summed E-state index contributed by atoms with van der Waals surface area (Å²) in [7, 11) is 0. The zero-order valence-electron chi connectivity index (χ0n) is 12.7. The van der Waals surface area contributed by atoms with E-state index >= 15 is 0 Å². The molecule has 0 bridgehead atoms. The lowest BCUT2D eigenvalue weighted by Gasteiger charge is -2.13. The highest BCUT2D eigenvalue weighted by Gasteiger charge is 2.23. The lowest BCUT2D eigenvalue weighted by atomic mass is 10.1. The van der Waals surface area contributed by atoms with Gasteiger partial charge in [0, 0.05) is 6.42 Å². The molecule has 1 aromatic carbocycles. The van der Waals surface area contributed by atoms with Crippen molar-refractivity contribution < 1.29 is 34.1 Å². The van der Waals surface area contributed by atoms with Crippen LogP contribution in [0.2, 0.25) is 0 Å². The Labute approximate surface area is 145 Å². The average molecular weight is 363 g/mol. The number of rotatable bonds is 6. The first-order chi connectivity index (χ1) is 11.9. The lowest BCUT2D eigenvalue weighted by molar-refractivity contribution is -0.152. The van der Waals surface area contributed by atoms with Crippen LogP contribution in [0.1, 0.15) is 15.2 Å². The van der Waals surface area contributed by atoms with E-state index in [-0.39, 0.29) is 12.2 Å². The van der Waals surface area contributed by atoms with Crippen LogP contribution < -0.4 is 10.1 Å². The molecule has 2 aromatic rings. The Hall–Kier alpha value is -3.20. The third-order valence-corrected chi connectivity index (χ3v) is 3.94. The molecule has 0 fully saturated rings. The van der Waals surface area contributed by atoms with Crippen molar-refractivity contribution in [1.29, 1.82) is 0 Å². The molecule has 0 saturated carbocycles. The summed E-state index contributed by atoms with van der Waals surface area (Å²) in [5, 5.41) is 21.2. The van der Waals surface area contributed by atoms with Crippen LogP contribution in [-0.4, -0.2) is 40.1 Å². The number of hydrogen-bond acceptors (Lipinski definition) is 6.